The number of nitrogens with zero attached hydrogens (tertiary/aromatic N) is 1. The summed E-state index contributed by atoms with van der Waals surface area (Å²) < 4.78 is 52.0. The van der Waals surface area contributed by atoms with Gasteiger partial charge in [-0.15, -0.1) is 0 Å². The van der Waals surface area contributed by atoms with E-state index >= 15 is 0 Å². The molecule has 1 heterocycles. The van der Waals surface area contributed by atoms with Crippen LogP contribution in [0.3, 0.4) is 0 Å². The molecule has 0 aromatic heterocycles. The number of methoxy groups -OCH3 is 2. The molecule has 0 spiro atoms. The van der Waals surface area contributed by atoms with Gasteiger partial charge in [0.05, 0.1) is 18.8 Å². The van der Waals surface area contributed by atoms with Crippen molar-refractivity contribution in [1.82, 2.24) is 5.32 Å². The van der Waals surface area contributed by atoms with Gasteiger partial charge in [-0.25, -0.2) is 8.98 Å². The van der Waals surface area contributed by atoms with Crippen molar-refractivity contribution in [3.05, 3.63) is 107 Å². The molecule has 0 radical (unpaired) electrons. The fourth-order valence-electron chi connectivity index (χ4n) is 4.89. The fourth-order valence-corrected chi connectivity index (χ4v) is 5.19. The molecule has 54 heavy (non-hydrogen) atoms. The van der Waals surface area contributed by atoms with Crippen LogP contribution in [0.15, 0.2) is 112 Å². The van der Waals surface area contributed by atoms with Crippen LogP contribution < -0.4 is 40.0 Å². The Labute approximate surface area is 344 Å². The second-order valence-corrected chi connectivity index (χ2v) is 13.9. The first-order valence-corrected chi connectivity index (χ1v) is 18.8. The molecule has 1 amide bonds. The van der Waals surface area contributed by atoms with E-state index in [-0.39, 0.29) is 66.5 Å². The molecule has 294 valence electrons. The first-order chi connectivity index (χ1) is 25.1. The summed E-state index contributed by atoms with van der Waals surface area (Å²) >= 11 is 0. The molecular weight excluding hydrogens is 724 g/mol. The molecule has 0 fully saturated rings. The number of carbonyl (C=O) groups is 2. The standard InChI is InChI=1S/C40H58N2O10S.Na/c1-29-13-11-17-35(49-7)16-10-9-15-33(5)39(52-38(44)24-22-30(2)19-20-31(3)25-36(50-8)18-12-14-29)34(6)23-21-32(4)26-41-40(45)37(42-28-43)27-51-53(46,47)48;/h9-10,12-16,19-25,28,30,33,35-37,39H,11,17-18,26-27H2,1-8H3,(H,41,45)(H,42,43)(H,46,47,48);/q;+1/p-1/b14-12-,15-9-,16-10-,20-19-,24-22-,29-13-,31-25-,32-21+,34-23-;/t30-,33+,35-,36+,37+,39+;/m1./s1. The molecule has 1 rings (SSSR count). The molecule has 0 aliphatic carbocycles. The number of hydrogen-bond acceptors (Lipinski definition) is 10. The summed E-state index contributed by atoms with van der Waals surface area (Å²) in [6.07, 6.45) is 28.7. The van der Waals surface area contributed by atoms with E-state index < -0.39 is 41.0 Å². The minimum Gasteiger partial charge on any atom is -0.864 e. The zero-order chi connectivity index (χ0) is 39.8. The first-order valence-electron chi connectivity index (χ1n) is 17.4. The summed E-state index contributed by atoms with van der Waals surface area (Å²) in [6.45, 7) is 10.8. The summed E-state index contributed by atoms with van der Waals surface area (Å²) in [5, 5.41) is 13.4. The quantitative estimate of drug-likeness (QED) is 0.0793. The van der Waals surface area contributed by atoms with Gasteiger partial charge in [0, 0.05) is 32.8 Å². The zero-order valence-electron chi connectivity index (χ0n) is 33.1. The van der Waals surface area contributed by atoms with E-state index in [0.29, 0.717) is 5.57 Å². The van der Waals surface area contributed by atoms with E-state index in [9.17, 15) is 23.1 Å². The van der Waals surface area contributed by atoms with Crippen LogP contribution in [0.5, 0.6) is 0 Å². The van der Waals surface area contributed by atoms with Crippen molar-refractivity contribution in [2.75, 3.05) is 27.4 Å². The Morgan fingerprint density at radius 1 is 1.04 bits per heavy atom. The van der Waals surface area contributed by atoms with E-state index in [2.05, 4.69) is 45.7 Å². The molecule has 2 N–H and O–H groups in total. The van der Waals surface area contributed by atoms with Gasteiger partial charge >= 0.3 is 45.9 Å². The van der Waals surface area contributed by atoms with Gasteiger partial charge in [0.25, 0.3) is 0 Å². The molecule has 0 saturated carbocycles. The zero-order valence-corrected chi connectivity index (χ0v) is 36.0. The summed E-state index contributed by atoms with van der Waals surface area (Å²) in [5.41, 5.74) is 3.64. The van der Waals surface area contributed by atoms with Gasteiger partial charge in [-0.3, -0.25) is 14.3 Å². The number of ether oxygens (including phenoxy) is 3. The number of rotatable bonds is 11. The monoisotopic (exact) mass is 780 g/mol. The third-order valence-electron chi connectivity index (χ3n) is 8.03. The van der Waals surface area contributed by atoms with Crippen LogP contribution in [0.4, 0.5) is 0 Å². The second kappa shape index (κ2) is 28.3. The van der Waals surface area contributed by atoms with E-state index in [0.717, 1.165) is 30.4 Å². The van der Waals surface area contributed by atoms with Crippen LogP contribution >= 0.6 is 0 Å². The van der Waals surface area contributed by atoms with E-state index in [1.54, 1.807) is 39.4 Å². The summed E-state index contributed by atoms with van der Waals surface area (Å²) in [6, 6.07) is -1.47. The van der Waals surface area contributed by atoms with Crippen LogP contribution in [-0.2, 0) is 38.4 Å². The van der Waals surface area contributed by atoms with Gasteiger partial charge in [-0.2, -0.15) is 8.42 Å². The van der Waals surface area contributed by atoms with E-state index in [1.807, 2.05) is 64.2 Å². The molecule has 1 aliphatic heterocycles. The number of allylic oxidation sites excluding steroid dienone is 11. The fraction of sp³-hybridized carbons (Fsp3) is 0.475. The van der Waals surface area contributed by atoms with Gasteiger partial charge in [-0.05, 0) is 58.4 Å². The Bertz CT molecular complexity index is 1590. The maximum atomic E-state index is 13.1. The number of amides is 1. The molecule has 1 aliphatic rings. The average Bonchev–Trinajstić information content (AvgIpc) is 3.11. The van der Waals surface area contributed by atoms with Crippen LogP contribution in [0.25, 0.3) is 0 Å². The van der Waals surface area contributed by atoms with Crippen LogP contribution in [0.1, 0.15) is 60.8 Å². The van der Waals surface area contributed by atoms with Crippen LogP contribution in [0, 0.1) is 11.8 Å². The third kappa shape index (κ3) is 23.6. The normalized spacial score (nSPS) is 28.8. The van der Waals surface area contributed by atoms with Crippen molar-refractivity contribution >= 4 is 28.7 Å². The molecule has 0 bridgehead atoms. The Balaban J connectivity index is 0.0000281. The maximum Gasteiger partial charge on any atom is 1.00 e. The molecule has 12 nitrogen and oxygen atoms in total. The van der Waals surface area contributed by atoms with Crippen LogP contribution in [-0.4, -0.2) is 83.0 Å². The largest absolute Gasteiger partial charge is 1.00 e. The van der Waals surface area contributed by atoms with E-state index in [4.69, 9.17) is 18.8 Å². The Kier molecular flexibility index (Phi) is 26.6. The molecule has 14 heteroatoms. The Morgan fingerprint density at radius 3 is 2.35 bits per heavy atom. The number of hydrogen-bond donors (Lipinski definition) is 2. The SMILES string of the molecule is CO[C@@H]1/C=C(C)\C=C/[C@@H](C)/C=C\C(=O)O[C@H](/C(C)=C\C=C(/C)CNC(=O)[C@H](COS(=O)(=O)O)N=C[O-])[C@@H](C)/C=C\C=C/[C@@H](OC)CC/C=C(C)\C=C/C1.[Na+]. The molecule has 0 aromatic rings. The summed E-state index contributed by atoms with van der Waals surface area (Å²) in [4.78, 5) is 28.9. The Morgan fingerprint density at radius 2 is 1.70 bits per heavy atom. The minimum atomic E-state index is -4.82. The molecule has 0 saturated heterocycles. The van der Waals surface area contributed by atoms with Crippen molar-refractivity contribution in [2.45, 2.75) is 85.2 Å². The molecular formula is C40H57N2NaO10S. The Hall–Kier alpha value is -3.14. The summed E-state index contributed by atoms with van der Waals surface area (Å²) in [5.74, 6) is -1.55. The number of esters is 1. The molecule has 6 atom stereocenters. The van der Waals surface area contributed by atoms with Gasteiger partial charge in [0.2, 0.25) is 5.91 Å². The van der Waals surface area contributed by atoms with Gasteiger partial charge in [0.15, 0.2) is 6.04 Å². The van der Waals surface area contributed by atoms with E-state index in [1.165, 1.54) is 11.6 Å². The predicted octanol–water partition coefficient (Wildman–Crippen LogP) is 2.65. The van der Waals surface area contributed by atoms with Crippen molar-refractivity contribution in [2.24, 2.45) is 16.8 Å². The maximum absolute atomic E-state index is 13.1. The summed E-state index contributed by atoms with van der Waals surface area (Å²) in [7, 11) is -1.45. The van der Waals surface area contributed by atoms with Crippen LogP contribution in [0.2, 0.25) is 0 Å². The second-order valence-electron chi connectivity index (χ2n) is 12.8. The predicted molar refractivity (Wildman–Crippen MR) is 207 cm³/mol. The first kappa shape index (κ1) is 50.9. The molecule has 0 aromatic carbocycles. The van der Waals surface area contributed by atoms with Gasteiger partial charge in [0.1, 0.15) is 6.10 Å². The number of carbonyl (C=O) groups excluding carboxylic acids is 2. The van der Waals surface area contributed by atoms with Gasteiger partial charge < -0.3 is 24.6 Å². The minimum absolute atomic E-state index is 0. The van der Waals surface area contributed by atoms with Crippen molar-refractivity contribution in [3.63, 3.8) is 0 Å². The van der Waals surface area contributed by atoms with Crippen molar-refractivity contribution in [1.29, 1.82) is 0 Å². The smallest absolute Gasteiger partial charge is 0.864 e. The van der Waals surface area contributed by atoms with Crippen molar-refractivity contribution in [3.8, 4) is 0 Å². The van der Waals surface area contributed by atoms with Crippen molar-refractivity contribution < 1.29 is 75.6 Å². The number of aliphatic imine (C=N–C) groups is 1. The average molecular weight is 781 g/mol. The third-order valence-corrected chi connectivity index (χ3v) is 8.46. The molecule has 0 unspecified atom stereocenters. The number of cyclic esters (lactones) is 1. The topological polar surface area (TPSA) is 173 Å². The van der Waals surface area contributed by atoms with Gasteiger partial charge in [-0.1, -0.05) is 116 Å². The number of nitrogens with one attached hydrogen (secondary N) is 1.